The van der Waals surface area contributed by atoms with E-state index in [-0.39, 0.29) is 18.6 Å². The number of hydrogen-bond donors (Lipinski definition) is 1. The van der Waals surface area contributed by atoms with Crippen molar-refractivity contribution < 1.29 is 9.53 Å². The van der Waals surface area contributed by atoms with E-state index >= 15 is 0 Å². The minimum absolute atomic E-state index is 0.0639. The first kappa shape index (κ1) is 12.2. The maximum absolute atomic E-state index is 11.7. The summed E-state index contributed by atoms with van der Waals surface area (Å²) >= 11 is 0. The molecule has 0 aliphatic carbocycles. The van der Waals surface area contributed by atoms with Crippen LogP contribution in [0.3, 0.4) is 0 Å². The fourth-order valence-corrected chi connectivity index (χ4v) is 1.62. The maximum Gasteiger partial charge on any atom is 0.328 e. The second kappa shape index (κ2) is 5.35. The van der Waals surface area contributed by atoms with Crippen LogP contribution in [-0.2, 0) is 16.1 Å². The van der Waals surface area contributed by atoms with E-state index in [1.54, 1.807) is 12.3 Å². The van der Waals surface area contributed by atoms with Crippen LogP contribution in [0, 0.1) is 0 Å². The van der Waals surface area contributed by atoms with Crippen molar-refractivity contribution in [1.29, 1.82) is 0 Å². The molecule has 0 saturated carbocycles. The predicted octanol–water partition coefficient (Wildman–Crippen LogP) is 1.77. The molecule has 18 heavy (non-hydrogen) atoms. The summed E-state index contributed by atoms with van der Waals surface area (Å²) in [6.45, 7) is 1.90. The lowest BCUT2D eigenvalue weighted by molar-refractivity contribution is -0.149. The molecule has 5 heteroatoms. The molecule has 0 bridgehead atoms. The van der Waals surface area contributed by atoms with Gasteiger partial charge in [0.2, 0.25) is 0 Å². The number of anilines is 1. The number of hydrogen-bond acceptors (Lipinski definition) is 4. The van der Waals surface area contributed by atoms with Crippen molar-refractivity contribution in [2.24, 2.45) is 0 Å². The second-order valence-corrected chi connectivity index (χ2v) is 3.98. The van der Waals surface area contributed by atoms with Crippen molar-refractivity contribution >= 4 is 11.8 Å². The molecule has 0 saturated heterocycles. The van der Waals surface area contributed by atoms with Gasteiger partial charge in [0.25, 0.3) is 0 Å². The molecule has 0 aliphatic heterocycles. The molecule has 2 aromatic rings. The Kier molecular flexibility index (Phi) is 3.62. The van der Waals surface area contributed by atoms with E-state index in [1.807, 2.05) is 37.3 Å². The first-order valence-corrected chi connectivity index (χ1v) is 5.68. The zero-order valence-corrected chi connectivity index (χ0v) is 10.1. The highest BCUT2D eigenvalue weighted by atomic mass is 16.5. The number of benzene rings is 1. The first-order chi connectivity index (χ1) is 8.65. The van der Waals surface area contributed by atoms with Crippen LogP contribution in [-0.4, -0.2) is 15.7 Å². The molecule has 1 unspecified atom stereocenters. The van der Waals surface area contributed by atoms with E-state index in [0.29, 0.717) is 5.82 Å². The molecule has 5 nitrogen and oxygen atoms in total. The quantitative estimate of drug-likeness (QED) is 0.833. The molecule has 0 spiro atoms. The fraction of sp³-hybridized carbons (Fsp3) is 0.231. The third-order valence-electron chi connectivity index (χ3n) is 2.53. The lowest BCUT2D eigenvalue weighted by atomic mass is 10.1. The van der Waals surface area contributed by atoms with Crippen LogP contribution < -0.4 is 5.73 Å². The van der Waals surface area contributed by atoms with Gasteiger partial charge in [-0.05, 0) is 18.6 Å². The standard InChI is InChI=1S/C13H15N3O2/c1-10(11-5-3-2-4-6-11)18-13(17)9-16-8-7-12(14)15-16/h2-8,10H,9H2,1H3,(H2,14,15). The first-order valence-electron chi connectivity index (χ1n) is 5.68. The van der Waals surface area contributed by atoms with Crippen LogP contribution in [0.5, 0.6) is 0 Å². The number of nitrogens with zero attached hydrogens (tertiary/aromatic N) is 2. The number of rotatable bonds is 4. The van der Waals surface area contributed by atoms with Gasteiger partial charge in [-0.2, -0.15) is 5.10 Å². The lowest BCUT2D eigenvalue weighted by Gasteiger charge is -2.13. The van der Waals surface area contributed by atoms with Crippen molar-refractivity contribution in [3.63, 3.8) is 0 Å². The molecule has 1 aromatic heterocycles. The molecule has 0 aliphatic rings. The van der Waals surface area contributed by atoms with E-state index in [1.165, 1.54) is 4.68 Å². The summed E-state index contributed by atoms with van der Waals surface area (Å²) in [5, 5.41) is 3.92. The maximum atomic E-state index is 11.7. The van der Waals surface area contributed by atoms with E-state index < -0.39 is 0 Å². The number of nitrogen functional groups attached to an aromatic ring is 1. The molecular formula is C13H15N3O2. The highest BCUT2D eigenvalue weighted by Gasteiger charge is 2.12. The molecule has 1 atom stereocenters. The smallest absolute Gasteiger partial charge is 0.328 e. The number of aromatic nitrogens is 2. The van der Waals surface area contributed by atoms with Crippen LogP contribution in [0.15, 0.2) is 42.6 Å². The van der Waals surface area contributed by atoms with Gasteiger partial charge >= 0.3 is 5.97 Å². The van der Waals surface area contributed by atoms with E-state index in [0.717, 1.165) is 5.56 Å². The van der Waals surface area contributed by atoms with Crippen molar-refractivity contribution in [1.82, 2.24) is 9.78 Å². The Hall–Kier alpha value is -2.30. The Labute approximate surface area is 105 Å². The predicted molar refractivity (Wildman–Crippen MR) is 67.6 cm³/mol. The average molecular weight is 245 g/mol. The summed E-state index contributed by atoms with van der Waals surface area (Å²) in [5.74, 6) is 0.0494. The largest absolute Gasteiger partial charge is 0.456 e. The number of carbonyl (C=O) groups is 1. The summed E-state index contributed by atoms with van der Waals surface area (Å²) in [7, 11) is 0. The van der Waals surface area contributed by atoms with Gasteiger partial charge < -0.3 is 10.5 Å². The summed E-state index contributed by atoms with van der Waals surface area (Å²) in [6.07, 6.45) is 1.37. The van der Waals surface area contributed by atoms with Gasteiger partial charge in [-0.1, -0.05) is 30.3 Å². The Morgan fingerprint density at radius 2 is 2.11 bits per heavy atom. The van der Waals surface area contributed by atoms with Crippen LogP contribution >= 0.6 is 0 Å². The minimum atomic E-state index is -0.338. The topological polar surface area (TPSA) is 70.1 Å². The zero-order chi connectivity index (χ0) is 13.0. The van der Waals surface area contributed by atoms with Crippen molar-refractivity contribution in [3.05, 3.63) is 48.2 Å². The number of ether oxygens (including phenoxy) is 1. The molecule has 0 fully saturated rings. The van der Waals surface area contributed by atoms with E-state index in [2.05, 4.69) is 5.10 Å². The van der Waals surface area contributed by atoms with Gasteiger partial charge in [0.1, 0.15) is 18.5 Å². The van der Waals surface area contributed by atoms with Crippen LogP contribution in [0.1, 0.15) is 18.6 Å². The van der Waals surface area contributed by atoms with Gasteiger partial charge in [-0.3, -0.25) is 9.48 Å². The molecule has 2 rings (SSSR count). The zero-order valence-electron chi connectivity index (χ0n) is 10.1. The average Bonchev–Trinajstić information content (AvgIpc) is 2.75. The van der Waals surface area contributed by atoms with Gasteiger partial charge in [-0.25, -0.2) is 0 Å². The van der Waals surface area contributed by atoms with Crippen LogP contribution in [0.2, 0.25) is 0 Å². The Balaban J connectivity index is 1.92. The van der Waals surface area contributed by atoms with Crippen LogP contribution in [0.25, 0.3) is 0 Å². The Morgan fingerprint density at radius 3 is 2.72 bits per heavy atom. The second-order valence-electron chi connectivity index (χ2n) is 3.98. The normalized spacial score (nSPS) is 12.1. The summed E-state index contributed by atoms with van der Waals surface area (Å²) < 4.78 is 6.76. The Morgan fingerprint density at radius 1 is 1.39 bits per heavy atom. The molecule has 1 heterocycles. The number of esters is 1. The van der Waals surface area contributed by atoms with Crippen LogP contribution in [0.4, 0.5) is 5.82 Å². The highest BCUT2D eigenvalue weighted by molar-refractivity contribution is 5.69. The van der Waals surface area contributed by atoms with Gasteiger partial charge in [0.05, 0.1) is 0 Å². The summed E-state index contributed by atoms with van der Waals surface area (Å²) in [4.78, 5) is 11.7. The van der Waals surface area contributed by atoms with Crippen molar-refractivity contribution in [2.75, 3.05) is 5.73 Å². The van der Waals surface area contributed by atoms with E-state index in [4.69, 9.17) is 10.5 Å². The number of nitrogens with two attached hydrogens (primary N) is 1. The molecule has 0 radical (unpaired) electrons. The molecule has 1 aromatic carbocycles. The third-order valence-corrected chi connectivity index (χ3v) is 2.53. The summed E-state index contributed by atoms with van der Waals surface area (Å²) in [5.41, 5.74) is 6.43. The van der Waals surface area contributed by atoms with Gasteiger partial charge in [0.15, 0.2) is 0 Å². The van der Waals surface area contributed by atoms with E-state index in [9.17, 15) is 4.79 Å². The van der Waals surface area contributed by atoms with Crippen molar-refractivity contribution in [2.45, 2.75) is 19.6 Å². The summed E-state index contributed by atoms with van der Waals surface area (Å²) in [6, 6.07) is 11.2. The minimum Gasteiger partial charge on any atom is -0.456 e. The molecule has 0 amide bonds. The van der Waals surface area contributed by atoms with Gasteiger partial charge in [0, 0.05) is 6.20 Å². The highest BCUT2D eigenvalue weighted by Crippen LogP contribution is 2.16. The Bertz CT molecular complexity index is 522. The molecule has 2 N–H and O–H groups in total. The number of carbonyl (C=O) groups excluding carboxylic acids is 1. The monoisotopic (exact) mass is 245 g/mol. The van der Waals surface area contributed by atoms with Crippen molar-refractivity contribution in [3.8, 4) is 0 Å². The van der Waals surface area contributed by atoms with Gasteiger partial charge in [-0.15, -0.1) is 0 Å². The fourth-order valence-electron chi connectivity index (χ4n) is 1.62. The third kappa shape index (κ3) is 3.10. The SMILES string of the molecule is CC(OC(=O)Cn1ccc(N)n1)c1ccccc1. The molecule has 94 valence electrons. The molecular weight excluding hydrogens is 230 g/mol. The lowest BCUT2D eigenvalue weighted by Crippen LogP contribution is -2.16.